The lowest BCUT2D eigenvalue weighted by Crippen LogP contribution is -2.18. The molecule has 11 heteroatoms. The van der Waals surface area contributed by atoms with Gasteiger partial charge in [-0.2, -0.15) is 5.10 Å². The molecule has 0 aliphatic carbocycles. The van der Waals surface area contributed by atoms with Gasteiger partial charge < -0.3 is 5.43 Å². The van der Waals surface area contributed by atoms with Crippen molar-refractivity contribution < 1.29 is 14.1 Å². The Labute approximate surface area is 116 Å². The zero-order valence-electron chi connectivity index (χ0n) is 10.3. The van der Waals surface area contributed by atoms with Crippen molar-refractivity contribution >= 4 is 23.2 Å². The molecule has 4 N–H and O–H groups in total. The molecule has 10 nitrogen and oxygen atoms in total. The Morgan fingerprint density at radius 1 is 1.38 bits per heavy atom. The number of rotatable bonds is 4. The Bertz CT molecular complexity index is 695. The second-order valence-corrected chi connectivity index (χ2v) is 3.67. The number of hydrogen-bond acceptors (Lipinski definition) is 8. The van der Waals surface area contributed by atoms with Gasteiger partial charge in [0.15, 0.2) is 5.82 Å². The molecular formula is C10H8FN7O3. The van der Waals surface area contributed by atoms with Crippen LogP contribution in [-0.2, 0) is 0 Å². The molecule has 1 heterocycles. The Morgan fingerprint density at radius 2 is 2.14 bits per heavy atom. The van der Waals surface area contributed by atoms with Crippen LogP contribution >= 0.6 is 0 Å². The van der Waals surface area contributed by atoms with E-state index in [0.29, 0.717) is 6.07 Å². The fourth-order valence-electron chi connectivity index (χ4n) is 1.48. The van der Waals surface area contributed by atoms with Crippen LogP contribution in [0.5, 0.6) is 0 Å². The van der Waals surface area contributed by atoms with Gasteiger partial charge in [-0.3, -0.25) is 26.1 Å². The Morgan fingerprint density at radius 3 is 2.71 bits per heavy atom. The highest BCUT2D eigenvalue weighted by Gasteiger charge is 2.24. The number of nitrogens with zero attached hydrogens (tertiary/aromatic N) is 4. The number of aromatic nitrogens is 3. The average Bonchev–Trinajstić information content (AvgIpc) is 2.47. The molecule has 1 amide bonds. The maximum atomic E-state index is 13.5. The van der Waals surface area contributed by atoms with Crippen LogP contribution < -0.4 is 16.6 Å². The molecule has 0 aliphatic heterocycles. The predicted octanol–water partition coefficient (Wildman–Crippen LogP) is 0.457. The van der Waals surface area contributed by atoms with Crippen LogP contribution in [0.1, 0.15) is 10.4 Å². The summed E-state index contributed by atoms with van der Waals surface area (Å²) in [5.41, 5.74) is 0.617. The number of nitrogen functional groups attached to an aromatic ring is 1. The van der Waals surface area contributed by atoms with Crippen molar-refractivity contribution in [1.82, 2.24) is 15.2 Å². The Kier molecular flexibility index (Phi) is 3.95. The molecule has 0 radical (unpaired) electrons. The Hall–Kier alpha value is -3.21. The molecule has 0 aliphatic rings. The van der Waals surface area contributed by atoms with E-state index in [1.54, 1.807) is 0 Å². The summed E-state index contributed by atoms with van der Waals surface area (Å²) in [7, 11) is 0. The average molecular weight is 293 g/mol. The third-order valence-electron chi connectivity index (χ3n) is 2.39. The van der Waals surface area contributed by atoms with Crippen molar-refractivity contribution in [2.75, 3.05) is 10.7 Å². The van der Waals surface area contributed by atoms with Gasteiger partial charge in [-0.1, -0.05) is 0 Å². The van der Waals surface area contributed by atoms with Crippen molar-refractivity contribution in [2.45, 2.75) is 0 Å². The second kappa shape index (κ2) is 5.83. The third-order valence-corrected chi connectivity index (χ3v) is 2.39. The topological polar surface area (TPSA) is 149 Å². The number of nitrogens with one attached hydrogen (secondary N) is 2. The number of carbonyl (C=O) groups is 1. The number of carbonyl (C=O) groups excluding carboxylic acids is 1. The van der Waals surface area contributed by atoms with E-state index >= 15 is 0 Å². The minimum atomic E-state index is -0.960. The molecule has 1 aromatic heterocycles. The van der Waals surface area contributed by atoms with E-state index in [1.165, 1.54) is 12.4 Å². The van der Waals surface area contributed by atoms with Crippen LogP contribution in [0.15, 0.2) is 24.5 Å². The van der Waals surface area contributed by atoms with Crippen LogP contribution in [0.2, 0.25) is 0 Å². The van der Waals surface area contributed by atoms with Gasteiger partial charge in [0.25, 0.3) is 11.6 Å². The molecule has 0 fully saturated rings. The van der Waals surface area contributed by atoms with Crippen molar-refractivity contribution in [3.05, 3.63) is 46.0 Å². The lowest BCUT2D eigenvalue weighted by atomic mass is 10.1. The molecule has 0 spiro atoms. The van der Waals surface area contributed by atoms with Crippen LogP contribution in [0.25, 0.3) is 0 Å². The zero-order valence-corrected chi connectivity index (χ0v) is 10.3. The monoisotopic (exact) mass is 293 g/mol. The van der Waals surface area contributed by atoms with Crippen LogP contribution in [-0.4, -0.2) is 26.0 Å². The summed E-state index contributed by atoms with van der Waals surface area (Å²) in [5.74, 6) is 3.07. The molecule has 0 saturated heterocycles. The molecule has 0 atom stereocenters. The predicted molar refractivity (Wildman–Crippen MR) is 68.6 cm³/mol. The highest BCUT2D eigenvalue weighted by atomic mass is 19.1. The van der Waals surface area contributed by atoms with Gasteiger partial charge in [-0.05, 0) is 6.07 Å². The first-order chi connectivity index (χ1) is 10.0. The first-order valence-corrected chi connectivity index (χ1v) is 5.42. The largest absolute Gasteiger partial charge is 0.321 e. The van der Waals surface area contributed by atoms with Gasteiger partial charge in [0.1, 0.15) is 5.56 Å². The van der Waals surface area contributed by atoms with E-state index in [-0.39, 0.29) is 11.6 Å². The van der Waals surface area contributed by atoms with Gasteiger partial charge in [-0.15, -0.1) is 5.10 Å². The molecule has 21 heavy (non-hydrogen) atoms. The van der Waals surface area contributed by atoms with Gasteiger partial charge in [0.2, 0.25) is 5.95 Å². The third kappa shape index (κ3) is 3.03. The number of nitro groups is 1. The molecule has 1 aromatic carbocycles. The first kappa shape index (κ1) is 14.2. The SMILES string of the molecule is NNc1cc(C(=O)Nc2nccnn2)c([N+](=O)[O-])cc1F. The van der Waals surface area contributed by atoms with Crippen molar-refractivity contribution in [3.8, 4) is 0 Å². The normalized spacial score (nSPS) is 10.0. The molecular weight excluding hydrogens is 285 g/mol. The molecule has 0 saturated carbocycles. The van der Waals surface area contributed by atoms with Crippen molar-refractivity contribution in [2.24, 2.45) is 5.84 Å². The van der Waals surface area contributed by atoms with E-state index in [1.807, 2.05) is 5.43 Å². The zero-order chi connectivity index (χ0) is 15.4. The lowest BCUT2D eigenvalue weighted by Gasteiger charge is -2.07. The summed E-state index contributed by atoms with van der Waals surface area (Å²) in [6, 6.07) is 1.51. The summed E-state index contributed by atoms with van der Waals surface area (Å²) >= 11 is 0. The van der Waals surface area contributed by atoms with E-state index < -0.39 is 27.9 Å². The number of halogens is 1. The van der Waals surface area contributed by atoms with Gasteiger partial charge in [0.05, 0.1) is 29.1 Å². The fourth-order valence-corrected chi connectivity index (χ4v) is 1.48. The van der Waals surface area contributed by atoms with E-state index in [4.69, 9.17) is 5.84 Å². The number of hydrazine groups is 1. The van der Waals surface area contributed by atoms with Crippen molar-refractivity contribution in [3.63, 3.8) is 0 Å². The summed E-state index contributed by atoms with van der Waals surface area (Å²) in [6.45, 7) is 0. The van der Waals surface area contributed by atoms with Crippen LogP contribution in [0.4, 0.5) is 21.7 Å². The summed E-state index contributed by atoms with van der Waals surface area (Å²) < 4.78 is 13.5. The number of hydrogen-bond donors (Lipinski definition) is 3. The minimum Gasteiger partial charge on any atom is -0.321 e. The van der Waals surface area contributed by atoms with Gasteiger partial charge in [0, 0.05) is 0 Å². The Balaban J connectivity index is 2.41. The van der Waals surface area contributed by atoms with E-state index in [2.05, 4.69) is 20.5 Å². The summed E-state index contributed by atoms with van der Waals surface area (Å²) in [6.07, 6.45) is 2.56. The number of benzene rings is 1. The second-order valence-electron chi connectivity index (χ2n) is 3.67. The number of nitrogens with two attached hydrogens (primary N) is 1. The highest BCUT2D eigenvalue weighted by Crippen LogP contribution is 2.26. The summed E-state index contributed by atoms with van der Waals surface area (Å²) in [5, 5.41) is 20.1. The fraction of sp³-hybridized carbons (Fsp3) is 0. The summed E-state index contributed by atoms with van der Waals surface area (Å²) in [4.78, 5) is 25.7. The van der Waals surface area contributed by atoms with E-state index in [9.17, 15) is 19.3 Å². The standard InChI is InChI=1S/C10H8FN7O3/c11-6-4-8(18(20)21)5(3-7(6)16-12)9(19)15-10-13-1-2-14-17-10/h1-4,16H,12H2,(H,13,15,17,19). The molecule has 0 unspecified atom stereocenters. The smallest absolute Gasteiger partial charge is 0.285 e. The van der Waals surface area contributed by atoms with Gasteiger partial charge >= 0.3 is 0 Å². The number of amides is 1. The molecule has 108 valence electrons. The number of nitro benzene ring substituents is 1. The molecule has 0 bridgehead atoms. The van der Waals surface area contributed by atoms with Crippen molar-refractivity contribution in [1.29, 1.82) is 0 Å². The maximum absolute atomic E-state index is 13.5. The lowest BCUT2D eigenvalue weighted by molar-refractivity contribution is -0.385. The highest BCUT2D eigenvalue weighted by molar-refractivity contribution is 6.06. The van der Waals surface area contributed by atoms with Crippen LogP contribution in [0.3, 0.4) is 0 Å². The molecule has 2 aromatic rings. The van der Waals surface area contributed by atoms with Crippen LogP contribution in [0, 0.1) is 15.9 Å². The van der Waals surface area contributed by atoms with E-state index in [0.717, 1.165) is 6.07 Å². The molecule has 2 rings (SSSR count). The maximum Gasteiger partial charge on any atom is 0.285 e. The quantitative estimate of drug-likeness (QED) is 0.418. The number of anilines is 2. The van der Waals surface area contributed by atoms with Gasteiger partial charge in [-0.25, -0.2) is 9.37 Å². The first-order valence-electron chi connectivity index (χ1n) is 5.42. The minimum absolute atomic E-state index is 0.150.